The van der Waals surface area contributed by atoms with Gasteiger partial charge in [-0.3, -0.25) is 4.79 Å². The van der Waals surface area contributed by atoms with Gasteiger partial charge in [0.15, 0.2) is 6.04 Å². The predicted molar refractivity (Wildman–Crippen MR) is 96.0 cm³/mol. The molecule has 154 valence electrons. The molecule has 0 bridgehead atoms. The summed E-state index contributed by atoms with van der Waals surface area (Å²) < 4.78 is 50.2. The van der Waals surface area contributed by atoms with Crippen molar-refractivity contribution < 1.29 is 37.0 Å². The highest BCUT2D eigenvalue weighted by atomic mass is 19.4. The Morgan fingerprint density at radius 3 is 1.93 bits per heavy atom. The summed E-state index contributed by atoms with van der Waals surface area (Å²) in [5.74, 6) is -3.62. The highest BCUT2D eigenvalue weighted by molar-refractivity contribution is 5.97. The van der Waals surface area contributed by atoms with Crippen LogP contribution in [0.3, 0.4) is 0 Å². The maximum Gasteiger partial charge on any atom is 0.428 e. The van der Waals surface area contributed by atoms with Crippen molar-refractivity contribution in [3.8, 4) is 0 Å². The fourth-order valence-electron chi connectivity index (χ4n) is 2.39. The standard InChI is InChI=1S/C20H18F3NO5/c1-2-28-19(27)15(24-17(25)13-9-5-3-6-10-13)16(20(21,22)23)29-18(26)14-11-7-4-8-12-14/h3-12,15-16H,2H2,1H3,(H,24,25)/t15-,16-/m0/s1. The van der Waals surface area contributed by atoms with Gasteiger partial charge in [-0.2, -0.15) is 13.2 Å². The Bertz CT molecular complexity index is 840. The number of amides is 1. The molecule has 2 aromatic rings. The molecule has 0 fully saturated rings. The first-order valence-electron chi connectivity index (χ1n) is 8.59. The third-order valence-corrected chi connectivity index (χ3v) is 3.73. The fourth-order valence-corrected chi connectivity index (χ4v) is 2.39. The van der Waals surface area contributed by atoms with Crippen LogP contribution >= 0.6 is 0 Å². The molecule has 29 heavy (non-hydrogen) atoms. The van der Waals surface area contributed by atoms with Gasteiger partial charge in [0, 0.05) is 5.56 Å². The van der Waals surface area contributed by atoms with E-state index in [0.717, 1.165) is 0 Å². The SMILES string of the molecule is CCOC(=O)[C@@H](NC(=O)c1ccccc1)[C@H](OC(=O)c1ccccc1)C(F)(F)F. The molecule has 0 aromatic heterocycles. The van der Waals surface area contributed by atoms with Crippen molar-refractivity contribution in [2.24, 2.45) is 0 Å². The molecule has 0 saturated carbocycles. The summed E-state index contributed by atoms with van der Waals surface area (Å²) >= 11 is 0. The Kier molecular flexibility index (Phi) is 7.35. The van der Waals surface area contributed by atoms with Crippen molar-refractivity contribution in [1.82, 2.24) is 5.32 Å². The van der Waals surface area contributed by atoms with E-state index in [1.807, 2.05) is 5.32 Å². The zero-order valence-corrected chi connectivity index (χ0v) is 15.3. The number of hydrogen-bond acceptors (Lipinski definition) is 5. The Hall–Kier alpha value is -3.36. The molecule has 0 unspecified atom stereocenters. The number of rotatable bonds is 7. The summed E-state index contributed by atoms with van der Waals surface area (Å²) in [6, 6.07) is 12.0. The van der Waals surface area contributed by atoms with Crippen LogP contribution in [-0.2, 0) is 14.3 Å². The molecule has 6 nitrogen and oxygen atoms in total. The second kappa shape index (κ2) is 9.72. The van der Waals surface area contributed by atoms with Crippen LogP contribution in [0.25, 0.3) is 0 Å². The summed E-state index contributed by atoms with van der Waals surface area (Å²) in [6.45, 7) is 1.17. The van der Waals surface area contributed by atoms with E-state index in [1.165, 1.54) is 55.5 Å². The first-order chi connectivity index (χ1) is 13.7. The minimum atomic E-state index is -5.15. The molecule has 0 aliphatic heterocycles. The van der Waals surface area contributed by atoms with Crippen molar-refractivity contribution in [3.05, 3.63) is 71.8 Å². The van der Waals surface area contributed by atoms with Gasteiger partial charge >= 0.3 is 18.1 Å². The second-order valence-corrected chi connectivity index (χ2v) is 5.80. The number of esters is 2. The van der Waals surface area contributed by atoms with Gasteiger partial charge in [-0.15, -0.1) is 0 Å². The number of ether oxygens (including phenoxy) is 2. The molecule has 0 radical (unpaired) electrons. The molecular formula is C20H18F3NO5. The van der Waals surface area contributed by atoms with Crippen LogP contribution in [0.15, 0.2) is 60.7 Å². The lowest BCUT2D eigenvalue weighted by Gasteiger charge is -2.28. The fraction of sp³-hybridized carbons (Fsp3) is 0.250. The largest absolute Gasteiger partial charge is 0.464 e. The van der Waals surface area contributed by atoms with E-state index in [2.05, 4.69) is 9.47 Å². The molecule has 2 rings (SSSR count). The topological polar surface area (TPSA) is 81.7 Å². The van der Waals surface area contributed by atoms with Gasteiger partial charge in [-0.05, 0) is 31.2 Å². The molecule has 0 saturated heterocycles. The van der Waals surface area contributed by atoms with Crippen molar-refractivity contribution in [2.45, 2.75) is 25.2 Å². The van der Waals surface area contributed by atoms with E-state index in [9.17, 15) is 27.6 Å². The average molecular weight is 409 g/mol. The van der Waals surface area contributed by atoms with E-state index in [1.54, 1.807) is 12.1 Å². The lowest BCUT2D eigenvalue weighted by Crippen LogP contribution is -2.56. The van der Waals surface area contributed by atoms with Gasteiger partial charge in [0.1, 0.15) is 0 Å². The molecule has 0 aliphatic rings. The summed E-state index contributed by atoms with van der Waals surface area (Å²) in [4.78, 5) is 36.7. The zero-order valence-electron chi connectivity index (χ0n) is 15.3. The van der Waals surface area contributed by atoms with Crippen LogP contribution in [0.1, 0.15) is 27.6 Å². The molecule has 9 heteroatoms. The smallest absolute Gasteiger partial charge is 0.428 e. The minimum Gasteiger partial charge on any atom is -0.464 e. The predicted octanol–water partition coefficient (Wildman–Crippen LogP) is 3.14. The molecule has 0 aliphatic carbocycles. The summed E-state index contributed by atoms with van der Waals surface area (Å²) in [6.07, 6.45) is -8.09. The normalized spacial score (nSPS) is 13.1. The van der Waals surface area contributed by atoms with E-state index >= 15 is 0 Å². The maximum absolute atomic E-state index is 13.7. The number of halogens is 3. The Morgan fingerprint density at radius 1 is 0.931 bits per heavy atom. The van der Waals surface area contributed by atoms with Crippen molar-refractivity contribution in [3.63, 3.8) is 0 Å². The number of carbonyl (C=O) groups excluding carboxylic acids is 3. The number of benzene rings is 2. The first-order valence-corrected chi connectivity index (χ1v) is 8.59. The van der Waals surface area contributed by atoms with Crippen LogP contribution in [0.2, 0.25) is 0 Å². The lowest BCUT2D eigenvalue weighted by molar-refractivity contribution is -0.216. The third-order valence-electron chi connectivity index (χ3n) is 3.73. The van der Waals surface area contributed by atoms with Gasteiger partial charge in [-0.1, -0.05) is 36.4 Å². The monoisotopic (exact) mass is 409 g/mol. The molecule has 0 heterocycles. The summed E-state index contributed by atoms with van der Waals surface area (Å²) in [5, 5.41) is 1.97. The highest BCUT2D eigenvalue weighted by Crippen LogP contribution is 2.27. The van der Waals surface area contributed by atoms with E-state index in [4.69, 9.17) is 0 Å². The lowest BCUT2D eigenvalue weighted by atomic mass is 10.1. The number of alkyl halides is 3. The number of carbonyl (C=O) groups is 3. The van der Waals surface area contributed by atoms with Crippen LogP contribution in [0, 0.1) is 0 Å². The Labute approximate surface area is 164 Å². The van der Waals surface area contributed by atoms with Crippen molar-refractivity contribution in [1.29, 1.82) is 0 Å². The van der Waals surface area contributed by atoms with Crippen LogP contribution in [0.4, 0.5) is 13.2 Å². The van der Waals surface area contributed by atoms with Gasteiger partial charge in [0.2, 0.25) is 6.10 Å². The Balaban J connectivity index is 2.33. The quantitative estimate of drug-likeness (QED) is 0.711. The van der Waals surface area contributed by atoms with Crippen LogP contribution < -0.4 is 5.32 Å². The minimum absolute atomic E-state index is 0.0251. The van der Waals surface area contributed by atoms with E-state index in [-0.39, 0.29) is 17.7 Å². The van der Waals surface area contributed by atoms with Crippen molar-refractivity contribution in [2.75, 3.05) is 6.61 Å². The molecular weight excluding hydrogens is 391 g/mol. The van der Waals surface area contributed by atoms with Crippen LogP contribution in [0.5, 0.6) is 0 Å². The Morgan fingerprint density at radius 2 is 1.45 bits per heavy atom. The van der Waals surface area contributed by atoms with Gasteiger partial charge in [-0.25, -0.2) is 9.59 Å². The second-order valence-electron chi connectivity index (χ2n) is 5.80. The summed E-state index contributed by atoms with van der Waals surface area (Å²) in [7, 11) is 0. The van der Waals surface area contributed by atoms with Gasteiger partial charge in [0.05, 0.1) is 12.2 Å². The highest BCUT2D eigenvalue weighted by Gasteiger charge is 2.52. The van der Waals surface area contributed by atoms with Crippen molar-refractivity contribution >= 4 is 17.8 Å². The van der Waals surface area contributed by atoms with E-state index < -0.39 is 36.2 Å². The van der Waals surface area contributed by atoms with E-state index in [0.29, 0.717) is 0 Å². The molecule has 2 atom stereocenters. The van der Waals surface area contributed by atoms with Gasteiger partial charge in [0.25, 0.3) is 5.91 Å². The first kappa shape index (κ1) is 21.9. The van der Waals surface area contributed by atoms with Crippen LogP contribution in [-0.4, -0.2) is 42.8 Å². The zero-order chi connectivity index (χ0) is 21.4. The summed E-state index contributed by atoms with van der Waals surface area (Å²) in [5.41, 5.74) is -0.115. The number of hydrogen-bond donors (Lipinski definition) is 1. The molecule has 1 N–H and O–H groups in total. The number of nitrogens with one attached hydrogen (secondary N) is 1. The molecule has 2 aromatic carbocycles. The molecule has 1 amide bonds. The molecule has 0 spiro atoms. The van der Waals surface area contributed by atoms with Gasteiger partial charge < -0.3 is 14.8 Å². The third kappa shape index (κ3) is 6.06. The maximum atomic E-state index is 13.7. The average Bonchev–Trinajstić information content (AvgIpc) is 2.71.